The predicted molar refractivity (Wildman–Crippen MR) is 89.4 cm³/mol. The van der Waals surface area contributed by atoms with Gasteiger partial charge in [0.1, 0.15) is 11.4 Å². The Balaban J connectivity index is 2.94. The van der Waals surface area contributed by atoms with Crippen molar-refractivity contribution in [3.05, 3.63) is 38.4 Å². The lowest BCUT2D eigenvalue weighted by Gasteiger charge is -2.05. The zero-order valence-corrected chi connectivity index (χ0v) is 13.2. The highest BCUT2D eigenvalue weighted by Gasteiger charge is 2.19. The van der Waals surface area contributed by atoms with Crippen molar-refractivity contribution >= 4 is 40.5 Å². The largest absolute Gasteiger partial charge is 0.477 e. The predicted octanol–water partition coefficient (Wildman–Crippen LogP) is 1.44. The summed E-state index contributed by atoms with van der Waals surface area (Å²) in [5.74, 6) is -0.110. The van der Waals surface area contributed by atoms with Crippen molar-refractivity contribution in [1.29, 1.82) is 0 Å². The van der Waals surface area contributed by atoms with Crippen LogP contribution in [0.3, 0.4) is 0 Å². The van der Waals surface area contributed by atoms with Gasteiger partial charge in [-0.05, 0) is 11.8 Å². The third-order valence-electron chi connectivity index (χ3n) is 2.69. The topological polar surface area (TPSA) is 174 Å². The average molecular weight is 357 g/mol. The Labute approximate surface area is 140 Å². The molecule has 0 aliphatic carbocycles. The lowest BCUT2D eigenvalue weighted by molar-refractivity contribution is -0.393. The molecule has 0 aliphatic rings. The molecule has 1 aromatic rings. The fourth-order valence-corrected chi connectivity index (χ4v) is 2.28. The lowest BCUT2D eigenvalue weighted by Crippen LogP contribution is -2.16. The van der Waals surface area contributed by atoms with Crippen LogP contribution in [-0.2, 0) is 4.79 Å². The van der Waals surface area contributed by atoms with Crippen molar-refractivity contribution in [3.63, 3.8) is 0 Å². The number of anilines is 1. The molecule has 130 valence electrons. The average Bonchev–Trinajstić information content (AvgIpc) is 2.53. The van der Waals surface area contributed by atoms with Crippen molar-refractivity contribution < 1.29 is 19.7 Å². The number of carbonyl (C=O) groups is 1. The second-order valence-corrected chi connectivity index (χ2v) is 5.57. The van der Waals surface area contributed by atoms with Gasteiger partial charge in [0.15, 0.2) is 0 Å². The summed E-state index contributed by atoms with van der Waals surface area (Å²) >= 11 is 1.45. The van der Waals surface area contributed by atoms with E-state index in [1.807, 2.05) is 0 Å². The van der Waals surface area contributed by atoms with Gasteiger partial charge in [0, 0.05) is 24.8 Å². The molecule has 4 N–H and O–H groups in total. The van der Waals surface area contributed by atoms with Crippen LogP contribution < -0.4 is 11.2 Å². The van der Waals surface area contributed by atoms with E-state index in [0.29, 0.717) is 18.1 Å². The Kier molecular flexibility index (Phi) is 7.58. The molecule has 1 aromatic carbocycles. The summed E-state index contributed by atoms with van der Waals surface area (Å²) in [5.41, 5.74) is 6.24. The molecule has 0 amide bonds. The van der Waals surface area contributed by atoms with Gasteiger partial charge in [-0.15, -0.1) is 0 Å². The summed E-state index contributed by atoms with van der Waals surface area (Å²) < 4.78 is 0. The molecule has 0 heterocycles. The number of nitrogens with two attached hydrogens (primary N) is 1. The molecule has 24 heavy (non-hydrogen) atoms. The summed E-state index contributed by atoms with van der Waals surface area (Å²) in [4.78, 5) is 31.2. The van der Waals surface area contributed by atoms with Gasteiger partial charge in [0.25, 0.3) is 5.69 Å². The standard InChI is InChI=1S/C12H15N5O6S/c13-4-6-24-5-3-10(12(18)19)15-14-9-2-1-8(16(20)21)7-11(9)17(22)23/h1-2,7,14H,3-6,13H2,(H,18,19). The van der Waals surface area contributed by atoms with Gasteiger partial charge in [0.2, 0.25) is 0 Å². The number of nitrogens with one attached hydrogen (secondary N) is 1. The van der Waals surface area contributed by atoms with Crippen LogP contribution in [0.25, 0.3) is 0 Å². The number of hydrazone groups is 1. The molecule has 0 atom stereocenters. The van der Waals surface area contributed by atoms with E-state index in [4.69, 9.17) is 10.8 Å². The van der Waals surface area contributed by atoms with Gasteiger partial charge < -0.3 is 10.8 Å². The van der Waals surface area contributed by atoms with E-state index in [9.17, 15) is 25.0 Å². The Morgan fingerprint density at radius 2 is 2.00 bits per heavy atom. The number of aliphatic carboxylic acids is 1. The maximum Gasteiger partial charge on any atom is 0.352 e. The number of benzene rings is 1. The van der Waals surface area contributed by atoms with Crippen molar-refractivity contribution in [2.45, 2.75) is 6.42 Å². The quantitative estimate of drug-likeness (QED) is 0.242. The zero-order chi connectivity index (χ0) is 18.1. The summed E-state index contributed by atoms with van der Waals surface area (Å²) in [7, 11) is 0. The van der Waals surface area contributed by atoms with Gasteiger partial charge in [0.05, 0.1) is 15.9 Å². The first-order valence-corrected chi connectivity index (χ1v) is 7.78. The van der Waals surface area contributed by atoms with E-state index in [1.54, 1.807) is 0 Å². The van der Waals surface area contributed by atoms with Gasteiger partial charge in [-0.2, -0.15) is 16.9 Å². The minimum atomic E-state index is -1.26. The lowest BCUT2D eigenvalue weighted by atomic mass is 10.2. The molecule has 0 fully saturated rings. The number of carboxylic acid groups (broad SMARTS) is 1. The molecule has 0 saturated carbocycles. The summed E-state index contributed by atoms with van der Waals surface area (Å²) in [5, 5.41) is 34.4. The van der Waals surface area contributed by atoms with Crippen LogP contribution in [0.2, 0.25) is 0 Å². The number of rotatable bonds is 10. The molecule has 0 bridgehead atoms. The summed E-state index contributed by atoms with van der Waals surface area (Å²) in [6.45, 7) is 0.470. The smallest absolute Gasteiger partial charge is 0.352 e. The molecule has 11 nitrogen and oxygen atoms in total. The van der Waals surface area contributed by atoms with Gasteiger partial charge in [-0.3, -0.25) is 25.7 Å². The van der Waals surface area contributed by atoms with Crippen molar-refractivity contribution in [3.8, 4) is 0 Å². The first-order chi connectivity index (χ1) is 11.4. The SMILES string of the molecule is NCCSCCC(=NNc1ccc([N+](=O)[O-])cc1[N+](=O)[O-])C(=O)O. The second-order valence-electron chi connectivity index (χ2n) is 4.34. The molecule has 0 saturated heterocycles. The van der Waals surface area contributed by atoms with E-state index in [1.165, 1.54) is 11.8 Å². The number of carboxylic acids is 1. The molecule has 12 heteroatoms. The number of nitro groups is 2. The van der Waals surface area contributed by atoms with Crippen LogP contribution in [0.4, 0.5) is 17.1 Å². The van der Waals surface area contributed by atoms with E-state index >= 15 is 0 Å². The van der Waals surface area contributed by atoms with Crippen LogP contribution in [0.1, 0.15) is 6.42 Å². The third-order valence-corrected chi connectivity index (χ3v) is 3.71. The number of thioether (sulfide) groups is 1. The summed E-state index contributed by atoms with van der Waals surface area (Å²) in [6, 6.07) is 2.93. The van der Waals surface area contributed by atoms with E-state index in [-0.39, 0.29) is 17.8 Å². The van der Waals surface area contributed by atoms with Crippen LogP contribution in [0, 0.1) is 20.2 Å². The Hall–Kier alpha value is -2.73. The first-order valence-electron chi connectivity index (χ1n) is 6.63. The molecule has 1 rings (SSSR count). The van der Waals surface area contributed by atoms with Crippen LogP contribution >= 0.6 is 11.8 Å². The Bertz CT molecular complexity index is 665. The Morgan fingerprint density at radius 3 is 2.54 bits per heavy atom. The molecule has 0 unspecified atom stereocenters. The highest BCUT2D eigenvalue weighted by molar-refractivity contribution is 7.99. The van der Waals surface area contributed by atoms with Crippen LogP contribution in [0.5, 0.6) is 0 Å². The number of hydrogen-bond donors (Lipinski definition) is 3. The van der Waals surface area contributed by atoms with E-state index < -0.39 is 27.2 Å². The van der Waals surface area contributed by atoms with E-state index in [0.717, 1.165) is 18.2 Å². The monoisotopic (exact) mass is 357 g/mol. The highest BCUT2D eigenvalue weighted by atomic mass is 32.2. The fourth-order valence-electron chi connectivity index (χ4n) is 1.57. The van der Waals surface area contributed by atoms with Crippen LogP contribution in [0.15, 0.2) is 23.3 Å². The van der Waals surface area contributed by atoms with Gasteiger partial charge in [-0.1, -0.05) is 0 Å². The molecule has 0 aliphatic heterocycles. The maximum atomic E-state index is 11.1. The zero-order valence-electron chi connectivity index (χ0n) is 12.4. The normalized spacial score (nSPS) is 11.1. The van der Waals surface area contributed by atoms with E-state index in [2.05, 4.69) is 10.5 Å². The first kappa shape index (κ1) is 19.3. The van der Waals surface area contributed by atoms with Crippen molar-refractivity contribution in [2.75, 3.05) is 23.5 Å². The number of hydrogen-bond acceptors (Lipinski definition) is 9. The molecule has 0 radical (unpaired) electrons. The highest BCUT2D eigenvalue weighted by Crippen LogP contribution is 2.28. The summed E-state index contributed by atoms with van der Waals surface area (Å²) in [6.07, 6.45) is 0.133. The number of nitro benzene ring substituents is 2. The number of nitrogens with zero attached hydrogens (tertiary/aromatic N) is 3. The fraction of sp³-hybridized carbons (Fsp3) is 0.333. The van der Waals surface area contributed by atoms with Gasteiger partial charge in [-0.25, -0.2) is 4.79 Å². The molecule has 0 spiro atoms. The molecular weight excluding hydrogens is 342 g/mol. The Morgan fingerprint density at radius 1 is 1.29 bits per heavy atom. The van der Waals surface area contributed by atoms with Crippen LogP contribution in [-0.4, -0.2) is 44.7 Å². The van der Waals surface area contributed by atoms with Crippen molar-refractivity contribution in [1.82, 2.24) is 0 Å². The number of non-ortho nitro benzene ring substituents is 1. The third kappa shape index (κ3) is 5.81. The molecular formula is C12H15N5O6S. The minimum Gasteiger partial charge on any atom is -0.477 e. The van der Waals surface area contributed by atoms with Crippen molar-refractivity contribution in [2.24, 2.45) is 10.8 Å². The minimum absolute atomic E-state index is 0.133. The molecule has 0 aromatic heterocycles. The van der Waals surface area contributed by atoms with Gasteiger partial charge >= 0.3 is 11.7 Å². The second kappa shape index (κ2) is 9.42. The maximum absolute atomic E-state index is 11.1.